The maximum Gasteiger partial charge on any atom is 0.387 e. The molecule has 2 rings (SSSR count). The van der Waals surface area contributed by atoms with Gasteiger partial charge in [0.05, 0.1) is 0 Å². The van der Waals surface area contributed by atoms with Crippen LogP contribution < -0.4 is 15.6 Å². The average molecular weight is 334 g/mol. The van der Waals surface area contributed by atoms with Crippen molar-refractivity contribution >= 4 is 17.9 Å². The number of aryl methyl sites for hydroxylation is 2. The van der Waals surface area contributed by atoms with Crippen molar-refractivity contribution in [2.45, 2.75) is 20.5 Å². The number of ether oxygens (including phenoxy) is 1. The molecular weight excluding hydrogens is 318 g/mol. The second-order valence-corrected chi connectivity index (χ2v) is 4.84. The Morgan fingerprint density at radius 3 is 2.54 bits per heavy atom. The number of anilines is 1. The predicted molar refractivity (Wildman–Crippen MR) is 85.4 cm³/mol. The standard InChI is InChI=1S/C16H16F2N4O2/c1-10-9-11(2)20-16(19-10)22-21-14(23)8-7-12-5-3-4-6-13(12)24-15(17)18/h3-9,15H,1-2H3,(H,21,23)(H,19,20,22). The molecule has 2 N–H and O–H groups in total. The van der Waals surface area contributed by atoms with Gasteiger partial charge < -0.3 is 4.74 Å². The van der Waals surface area contributed by atoms with Gasteiger partial charge in [-0.25, -0.2) is 9.97 Å². The first kappa shape index (κ1) is 17.3. The molecule has 0 bridgehead atoms. The van der Waals surface area contributed by atoms with Gasteiger partial charge in [0.1, 0.15) is 5.75 Å². The molecule has 24 heavy (non-hydrogen) atoms. The highest BCUT2D eigenvalue weighted by Gasteiger charge is 2.07. The molecule has 0 aliphatic heterocycles. The second-order valence-electron chi connectivity index (χ2n) is 4.84. The van der Waals surface area contributed by atoms with Crippen molar-refractivity contribution in [3.8, 4) is 5.75 Å². The molecule has 0 spiro atoms. The van der Waals surface area contributed by atoms with Crippen molar-refractivity contribution in [1.29, 1.82) is 0 Å². The van der Waals surface area contributed by atoms with E-state index in [1.807, 2.05) is 13.8 Å². The van der Waals surface area contributed by atoms with Crippen LogP contribution in [0.3, 0.4) is 0 Å². The minimum Gasteiger partial charge on any atom is -0.434 e. The Kier molecular flexibility index (Phi) is 5.78. The third-order valence-corrected chi connectivity index (χ3v) is 2.83. The van der Waals surface area contributed by atoms with E-state index in [1.165, 1.54) is 18.2 Å². The lowest BCUT2D eigenvalue weighted by atomic mass is 10.2. The molecule has 0 atom stereocenters. The number of halogens is 2. The maximum absolute atomic E-state index is 12.3. The molecule has 126 valence electrons. The quantitative estimate of drug-likeness (QED) is 0.627. The number of hydrazine groups is 1. The molecule has 8 heteroatoms. The lowest BCUT2D eigenvalue weighted by Gasteiger charge is -2.08. The van der Waals surface area contributed by atoms with Gasteiger partial charge in [-0.1, -0.05) is 18.2 Å². The second kappa shape index (κ2) is 8.00. The first-order valence-electron chi connectivity index (χ1n) is 7.04. The van der Waals surface area contributed by atoms with E-state index in [9.17, 15) is 13.6 Å². The summed E-state index contributed by atoms with van der Waals surface area (Å²) in [6.07, 6.45) is 2.56. The summed E-state index contributed by atoms with van der Waals surface area (Å²) in [6, 6.07) is 7.96. The Hall–Kier alpha value is -3.03. The third kappa shape index (κ3) is 5.31. The minimum atomic E-state index is -2.93. The summed E-state index contributed by atoms with van der Waals surface area (Å²) in [5.74, 6) is -0.248. The van der Waals surface area contributed by atoms with E-state index in [0.29, 0.717) is 5.56 Å². The van der Waals surface area contributed by atoms with E-state index in [-0.39, 0.29) is 11.7 Å². The number of benzene rings is 1. The molecule has 1 heterocycles. The van der Waals surface area contributed by atoms with Gasteiger partial charge in [-0.2, -0.15) is 8.78 Å². The number of hydrogen-bond donors (Lipinski definition) is 2. The van der Waals surface area contributed by atoms with Crippen LogP contribution in [-0.2, 0) is 4.79 Å². The van der Waals surface area contributed by atoms with Gasteiger partial charge in [0.15, 0.2) is 0 Å². The fourth-order valence-corrected chi connectivity index (χ4v) is 1.93. The molecule has 1 amide bonds. The molecule has 1 aromatic carbocycles. The molecule has 0 aliphatic carbocycles. The zero-order chi connectivity index (χ0) is 17.5. The number of aromatic nitrogens is 2. The summed E-state index contributed by atoms with van der Waals surface area (Å²) in [5, 5.41) is 0. The van der Waals surface area contributed by atoms with Gasteiger partial charge in [0, 0.05) is 23.0 Å². The monoisotopic (exact) mass is 334 g/mol. The van der Waals surface area contributed by atoms with Crippen molar-refractivity contribution < 1.29 is 18.3 Å². The van der Waals surface area contributed by atoms with E-state index < -0.39 is 12.5 Å². The van der Waals surface area contributed by atoms with Crippen molar-refractivity contribution in [2.75, 3.05) is 5.43 Å². The summed E-state index contributed by atoms with van der Waals surface area (Å²) in [4.78, 5) is 20.0. The highest BCUT2D eigenvalue weighted by Crippen LogP contribution is 2.21. The van der Waals surface area contributed by atoms with Crippen molar-refractivity contribution in [3.63, 3.8) is 0 Å². The number of amides is 1. The predicted octanol–water partition coefficient (Wildman–Crippen LogP) is 2.85. The van der Waals surface area contributed by atoms with Crippen molar-refractivity contribution in [3.05, 3.63) is 53.4 Å². The lowest BCUT2D eigenvalue weighted by molar-refractivity contribution is -0.116. The fourth-order valence-electron chi connectivity index (χ4n) is 1.93. The highest BCUT2D eigenvalue weighted by molar-refractivity contribution is 5.92. The molecule has 0 unspecified atom stereocenters. The third-order valence-electron chi connectivity index (χ3n) is 2.83. The number of rotatable bonds is 6. The van der Waals surface area contributed by atoms with Crippen molar-refractivity contribution in [2.24, 2.45) is 0 Å². The van der Waals surface area contributed by atoms with E-state index in [0.717, 1.165) is 11.4 Å². The van der Waals surface area contributed by atoms with Crippen LogP contribution in [0.5, 0.6) is 5.75 Å². The van der Waals surface area contributed by atoms with Gasteiger partial charge in [0.2, 0.25) is 5.95 Å². The number of para-hydroxylation sites is 1. The Morgan fingerprint density at radius 1 is 1.21 bits per heavy atom. The molecule has 2 aromatic rings. The number of carbonyl (C=O) groups is 1. The van der Waals surface area contributed by atoms with Crippen LogP contribution >= 0.6 is 0 Å². The topological polar surface area (TPSA) is 76.1 Å². The van der Waals surface area contributed by atoms with E-state index in [4.69, 9.17) is 0 Å². The largest absolute Gasteiger partial charge is 0.434 e. The normalized spacial score (nSPS) is 10.9. The fraction of sp³-hybridized carbons (Fsp3) is 0.188. The van der Waals surface area contributed by atoms with Crippen LogP contribution in [0.15, 0.2) is 36.4 Å². The van der Waals surface area contributed by atoms with Crippen LogP contribution in [0.25, 0.3) is 6.08 Å². The Balaban J connectivity index is 1.98. The smallest absolute Gasteiger partial charge is 0.387 e. The first-order chi connectivity index (χ1) is 11.4. The Labute approximate surface area is 137 Å². The Bertz CT molecular complexity index is 730. The molecule has 1 aromatic heterocycles. The Morgan fingerprint density at radius 2 is 1.88 bits per heavy atom. The molecule has 0 saturated heterocycles. The molecule has 0 saturated carbocycles. The van der Waals surface area contributed by atoms with Crippen LogP contribution in [0.1, 0.15) is 17.0 Å². The van der Waals surface area contributed by atoms with Gasteiger partial charge in [-0.15, -0.1) is 0 Å². The number of carbonyl (C=O) groups excluding carboxylic acids is 1. The molecule has 0 radical (unpaired) electrons. The van der Waals surface area contributed by atoms with Crippen LogP contribution in [0.4, 0.5) is 14.7 Å². The maximum atomic E-state index is 12.3. The SMILES string of the molecule is Cc1cc(C)nc(NNC(=O)C=Cc2ccccc2OC(F)F)n1. The van der Waals surface area contributed by atoms with Gasteiger partial charge in [-0.3, -0.25) is 15.6 Å². The van der Waals surface area contributed by atoms with Gasteiger partial charge in [0.25, 0.3) is 5.91 Å². The number of nitrogens with zero attached hydrogens (tertiary/aromatic N) is 2. The van der Waals surface area contributed by atoms with E-state index in [2.05, 4.69) is 25.6 Å². The van der Waals surface area contributed by atoms with Crippen LogP contribution in [-0.4, -0.2) is 22.5 Å². The van der Waals surface area contributed by atoms with Crippen molar-refractivity contribution in [1.82, 2.24) is 15.4 Å². The van der Waals surface area contributed by atoms with Gasteiger partial charge in [-0.05, 0) is 32.1 Å². The number of hydrogen-bond acceptors (Lipinski definition) is 5. The highest BCUT2D eigenvalue weighted by atomic mass is 19.3. The molecular formula is C16H16F2N4O2. The number of alkyl halides is 2. The summed E-state index contributed by atoms with van der Waals surface area (Å²) in [5.41, 5.74) is 6.85. The zero-order valence-corrected chi connectivity index (χ0v) is 13.1. The van der Waals surface area contributed by atoms with Crippen LogP contribution in [0, 0.1) is 13.8 Å². The first-order valence-corrected chi connectivity index (χ1v) is 7.04. The van der Waals surface area contributed by atoms with Crippen LogP contribution in [0.2, 0.25) is 0 Å². The zero-order valence-electron chi connectivity index (χ0n) is 13.1. The molecule has 0 aliphatic rings. The lowest BCUT2D eigenvalue weighted by Crippen LogP contribution is -2.28. The molecule has 6 nitrogen and oxygen atoms in total. The van der Waals surface area contributed by atoms with Gasteiger partial charge >= 0.3 is 6.61 Å². The summed E-state index contributed by atoms with van der Waals surface area (Å²) in [7, 11) is 0. The summed E-state index contributed by atoms with van der Waals surface area (Å²) in [6.45, 7) is 0.681. The number of nitrogens with one attached hydrogen (secondary N) is 2. The minimum absolute atomic E-state index is 0.0119. The average Bonchev–Trinajstić information content (AvgIpc) is 2.50. The molecule has 0 fully saturated rings. The van der Waals surface area contributed by atoms with E-state index >= 15 is 0 Å². The van der Waals surface area contributed by atoms with E-state index in [1.54, 1.807) is 24.3 Å². The summed E-state index contributed by atoms with van der Waals surface area (Å²) >= 11 is 0. The summed E-state index contributed by atoms with van der Waals surface area (Å²) < 4.78 is 29.0.